The highest BCUT2D eigenvalue weighted by atomic mass is 16.2. The fraction of sp³-hybridized carbons (Fsp3) is 0.167. The van der Waals surface area contributed by atoms with Crippen molar-refractivity contribution < 1.29 is 14.4 Å². The zero-order chi connectivity index (χ0) is 18.2. The van der Waals surface area contributed by atoms with E-state index in [0.29, 0.717) is 23.5 Å². The normalized spacial score (nSPS) is 9.96. The number of amides is 3. The number of hydrogen-bond donors (Lipinski definition) is 4. The summed E-state index contributed by atoms with van der Waals surface area (Å²) in [5.74, 6) is -1.07. The third-order valence-corrected chi connectivity index (χ3v) is 3.40. The highest BCUT2D eigenvalue weighted by molar-refractivity contribution is 6.03. The topological polar surface area (TPSA) is 113 Å². The molecule has 130 valence electrons. The SMILES string of the molecule is CCNC(=O)c1ccc(NCC(=O)Nc2ccccc2C(N)=O)cc1. The first kappa shape index (κ1) is 18.0. The summed E-state index contributed by atoms with van der Waals surface area (Å²) >= 11 is 0. The summed E-state index contributed by atoms with van der Waals surface area (Å²) < 4.78 is 0. The second-order valence-corrected chi connectivity index (χ2v) is 5.25. The lowest BCUT2D eigenvalue weighted by molar-refractivity contribution is -0.114. The van der Waals surface area contributed by atoms with Gasteiger partial charge in [0.15, 0.2) is 0 Å². The van der Waals surface area contributed by atoms with Crippen molar-refractivity contribution >= 4 is 29.1 Å². The zero-order valence-corrected chi connectivity index (χ0v) is 13.8. The van der Waals surface area contributed by atoms with Gasteiger partial charge in [-0.2, -0.15) is 0 Å². The van der Waals surface area contributed by atoms with Gasteiger partial charge in [0.2, 0.25) is 5.91 Å². The van der Waals surface area contributed by atoms with E-state index in [1.165, 1.54) is 0 Å². The minimum atomic E-state index is -0.607. The van der Waals surface area contributed by atoms with Gasteiger partial charge in [0.1, 0.15) is 0 Å². The molecule has 0 saturated carbocycles. The summed E-state index contributed by atoms with van der Waals surface area (Å²) in [6.07, 6.45) is 0. The van der Waals surface area contributed by atoms with Crippen molar-refractivity contribution in [3.8, 4) is 0 Å². The third kappa shape index (κ3) is 5.07. The number of benzene rings is 2. The standard InChI is InChI=1S/C18H20N4O3/c1-2-20-18(25)12-7-9-13(10-8-12)21-11-16(23)22-15-6-4-3-5-14(15)17(19)24/h3-10,21H,2,11H2,1H3,(H2,19,24)(H,20,25)(H,22,23). The van der Waals surface area contributed by atoms with E-state index in [1.807, 2.05) is 6.92 Å². The van der Waals surface area contributed by atoms with E-state index in [-0.39, 0.29) is 23.9 Å². The van der Waals surface area contributed by atoms with Crippen molar-refractivity contribution in [2.45, 2.75) is 6.92 Å². The Labute approximate surface area is 145 Å². The predicted octanol–water partition coefficient (Wildman–Crippen LogP) is 1.59. The van der Waals surface area contributed by atoms with Gasteiger partial charge in [-0.3, -0.25) is 14.4 Å². The molecular weight excluding hydrogens is 320 g/mol. The number of carbonyl (C=O) groups excluding carboxylic acids is 3. The molecule has 7 nitrogen and oxygen atoms in total. The first-order valence-corrected chi connectivity index (χ1v) is 7.82. The minimum Gasteiger partial charge on any atom is -0.376 e. The van der Waals surface area contributed by atoms with Crippen LogP contribution < -0.4 is 21.7 Å². The Morgan fingerprint density at radius 1 is 1.00 bits per heavy atom. The number of hydrogen-bond acceptors (Lipinski definition) is 4. The number of para-hydroxylation sites is 1. The van der Waals surface area contributed by atoms with Crippen molar-refractivity contribution in [1.29, 1.82) is 0 Å². The van der Waals surface area contributed by atoms with Crippen LogP contribution >= 0.6 is 0 Å². The summed E-state index contributed by atoms with van der Waals surface area (Å²) in [6, 6.07) is 13.3. The van der Waals surface area contributed by atoms with Crippen molar-refractivity contribution in [1.82, 2.24) is 5.32 Å². The Hall–Kier alpha value is -3.35. The Balaban J connectivity index is 1.92. The first-order chi connectivity index (χ1) is 12.0. The number of carbonyl (C=O) groups is 3. The molecule has 2 aromatic rings. The number of primary amides is 1. The van der Waals surface area contributed by atoms with E-state index in [9.17, 15) is 14.4 Å². The summed E-state index contributed by atoms with van der Waals surface area (Å²) in [5.41, 5.74) is 7.15. The van der Waals surface area contributed by atoms with Gasteiger partial charge in [-0.05, 0) is 43.3 Å². The minimum absolute atomic E-state index is 0.00754. The second kappa shape index (κ2) is 8.49. The van der Waals surface area contributed by atoms with Gasteiger partial charge in [-0.1, -0.05) is 12.1 Å². The molecule has 0 unspecified atom stereocenters. The molecule has 0 aliphatic carbocycles. The average molecular weight is 340 g/mol. The fourth-order valence-electron chi connectivity index (χ4n) is 2.19. The van der Waals surface area contributed by atoms with Crippen LogP contribution in [0.1, 0.15) is 27.6 Å². The molecule has 5 N–H and O–H groups in total. The summed E-state index contributed by atoms with van der Waals surface area (Å²) in [7, 11) is 0. The Morgan fingerprint density at radius 2 is 1.68 bits per heavy atom. The molecule has 0 spiro atoms. The van der Waals surface area contributed by atoms with E-state index < -0.39 is 5.91 Å². The van der Waals surface area contributed by atoms with Crippen LogP contribution in [0.3, 0.4) is 0 Å². The van der Waals surface area contributed by atoms with E-state index in [0.717, 1.165) is 0 Å². The average Bonchev–Trinajstić information content (AvgIpc) is 2.61. The Bertz CT molecular complexity index is 772. The molecule has 0 aromatic heterocycles. The zero-order valence-electron chi connectivity index (χ0n) is 13.8. The number of nitrogens with two attached hydrogens (primary N) is 1. The van der Waals surface area contributed by atoms with Gasteiger partial charge in [0.05, 0.1) is 17.8 Å². The second-order valence-electron chi connectivity index (χ2n) is 5.25. The third-order valence-electron chi connectivity index (χ3n) is 3.40. The van der Waals surface area contributed by atoms with Crippen molar-refractivity contribution in [3.63, 3.8) is 0 Å². The fourth-order valence-corrected chi connectivity index (χ4v) is 2.19. The molecule has 25 heavy (non-hydrogen) atoms. The molecule has 2 rings (SSSR count). The van der Waals surface area contributed by atoms with Crippen LogP contribution in [0.4, 0.5) is 11.4 Å². The van der Waals surface area contributed by atoms with Crippen molar-refractivity contribution in [2.24, 2.45) is 5.73 Å². The quantitative estimate of drug-likeness (QED) is 0.613. The van der Waals surface area contributed by atoms with Crippen LogP contribution in [-0.4, -0.2) is 30.8 Å². The number of rotatable bonds is 7. The van der Waals surface area contributed by atoms with Gasteiger partial charge < -0.3 is 21.7 Å². The Kier molecular flexibility index (Phi) is 6.11. The molecule has 0 aliphatic rings. The molecule has 0 bridgehead atoms. The van der Waals surface area contributed by atoms with Crippen LogP contribution in [-0.2, 0) is 4.79 Å². The van der Waals surface area contributed by atoms with E-state index >= 15 is 0 Å². The van der Waals surface area contributed by atoms with E-state index in [4.69, 9.17) is 5.73 Å². The van der Waals surface area contributed by atoms with E-state index in [1.54, 1.807) is 48.5 Å². The molecule has 0 atom stereocenters. The number of nitrogens with one attached hydrogen (secondary N) is 3. The van der Waals surface area contributed by atoms with Gasteiger partial charge in [-0.25, -0.2) is 0 Å². The molecule has 0 fully saturated rings. The lowest BCUT2D eigenvalue weighted by Gasteiger charge is -2.10. The molecule has 0 radical (unpaired) electrons. The van der Waals surface area contributed by atoms with Crippen LogP contribution in [0.25, 0.3) is 0 Å². The molecule has 3 amide bonds. The lowest BCUT2D eigenvalue weighted by atomic mass is 10.1. The molecular formula is C18H20N4O3. The van der Waals surface area contributed by atoms with Crippen molar-refractivity contribution in [2.75, 3.05) is 23.7 Å². The smallest absolute Gasteiger partial charge is 0.251 e. The van der Waals surface area contributed by atoms with Gasteiger partial charge in [-0.15, -0.1) is 0 Å². The van der Waals surface area contributed by atoms with E-state index in [2.05, 4.69) is 16.0 Å². The molecule has 2 aromatic carbocycles. The summed E-state index contributed by atoms with van der Waals surface area (Å²) in [4.78, 5) is 35.0. The van der Waals surface area contributed by atoms with Gasteiger partial charge in [0.25, 0.3) is 11.8 Å². The van der Waals surface area contributed by atoms with Crippen molar-refractivity contribution in [3.05, 3.63) is 59.7 Å². The van der Waals surface area contributed by atoms with Crippen LogP contribution in [0.2, 0.25) is 0 Å². The maximum Gasteiger partial charge on any atom is 0.251 e. The van der Waals surface area contributed by atoms with Gasteiger partial charge in [0, 0.05) is 17.8 Å². The Morgan fingerprint density at radius 3 is 2.32 bits per heavy atom. The van der Waals surface area contributed by atoms with Gasteiger partial charge >= 0.3 is 0 Å². The molecule has 0 saturated heterocycles. The first-order valence-electron chi connectivity index (χ1n) is 7.82. The van der Waals surface area contributed by atoms with Crippen LogP contribution in [0.5, 0.6) is 0 Å². The maximum absolute atomic E-state index is 12.0. The summed E-state index contributed by atoms with van der Waals surface area (Å²) in [5, 5.41) is 8.31. The number of anilines is 2. The summed E-state index contributed by atoms with van der Waals surface area (Å²) in [6.45, 7) is 2.42. The monoisotopic (exact) mass is 340 g/mol. The largest absolute Gasteiger partial charge is 0.376 e. The lowest BCUT2D eigenvalue weighted by Crippen LogP contribution is -2.24. The molecule has 7 heteroatoms. The maximum atomic E-state index is 12.0. The van der Waals surface area contributed by atoms with Crippen LogP contribution in [0.15, 0.2) is 48.5 Å². The highest BCUT2D eigenvalue weighted by Gasteiger charge is 2.10. The molecule has 0 heterocycles. The molecule has 0 aliphatic heterocycles. The highest BCUT2D eigenvalue weighted by Crippen LogP contribution is 2.14. The van der Waals surface area contributed by atoms with Crippen LogP contribution in [0, 0.1) is 0 Å². The predicted molar refractivity (Wildman–Crippen MR) is 96.5 cm³/mol.